The van der Waals surface area contributed by atoms with Crippen LogP contribution in [0.1, 0.15) is 21.7 Å². The van der Waals surface area contributed by atoms with E-state index in [1.54, 1.807) is 48.2 Å². The summed E-state index contributed by atoms with van der Waals surface area (Å²) in [5.74, 6) is 0.463. The zero-order valence-electron chi connectivity index (χ0n) is 18.6. The normalized spacial score (nSPS) is 10.8. The van der Waals surface area contributed by atoms with Gasteiger partial charge in [0.05, 0.1) is 19.8 Å². The van der Waals surface area contributed by atoms with E-state index in [-0.39, 0.29) is 24.8 Å². The van der Waals surface area contributed by atoms with Gasteiger partial charge in [0.15, 0.2) is 5.76 Å². The highest BCUT2D eigenvalue weighted by molar-refractivity contribution is 8.13. The van der Waals surface area contributed by atoms with Gasteiger partial charge in [-0.1, -0.05) is 18.2 Å². The fraction of sp³-hybridized carbons (Fsp3) is 0.160. The van der Waals surface area contributed by atoms with Crippen molar-refractivity contribution >= 4 is 33.9 Å². The van der Waals surface area contributed by atoms with Gasteiger partial charge in [0.2, 0.25) is 0 Å². The molecule has 0 radical (unpaired) electrons. The number of hydrogen-bond acceptors (Lipinski definition) is 8. The van der Waals surface area contributed by atoms with Crippen molar-refractivity contribution < 1.29 is 28.7 Å². The number of nitrogens with one attached hydrogen (secondary N) is 2. The molecule has 10 heteroatoms. The van der Waals surface area contributed by atoms with Crippen LogP contribution in [-0.4, -0.2) is 34.5 Å². The number of carbonyl (C=O) groups excluding carboxylic acids is 2. The number of hydrogen-bond donors (Lipinski definition) is 3. The SMILES string of the molecule is O=C(NO)Sc1ccc(OCCNC(=O)c2cc3c(COCc4cccnc4)cccc3o2)cc1. The number of nitrogens with zero attached hydrogens (tertiary/aromatic N) is 1. The van der Waals surface area contributed by atoms with Crippen LogP contribution in [0.25, 0.3) is 11.0 Å². The zero-order valence-corrected chi connectivity index (χ0v) is 19.4. The van der Waals surface area contributed by atoms with Crippen molar-refractivity contribution in [1.82, 2.24) is 15.8 Å². The van der Waals surface area contributed by atoms with Crippen LogP contribution in [0.2, 0.25) is 0 Å². The van der Waals surface area contributed by atoms with Crippen LogP contribution in [0.4, 0.5) is 4.79 Å². The van der Waals surface area contributed by atoms with Crippen molar-refractivity contribution in [3.05, 3.63) is 89.9 Å². The van der Waals surface area contributed by atoms with E-state index >= 15 is 0 Å². The third-order valence-corrected chi connectivity index (χ3v) is 5.69. The molecule has 0 atom stereocenters. The summed E-state index contributed by atoms with van der Waals surface area (Å²) in [5, 5.41) is 11.6. The van der Waals surface area contributed by atoms with Gasteiger partial charge in [-0.2, -0.15) is 0 Å². The van der Waals surface area contributed by atoms with Crippen molar-refractivity contribution in [3.63, 3.8) is 0 Å². The zero-order chi connectivity index (χ0) is 24.5. The maximum Gasteiger partial charge on any atom is 0.307 e. The molecule has 2 aromatic heterocycles. The number of amides is 2. The minimum absolute atomic E-state index is 0.211. The number of benzene rings is 2. The minimum atomic E-state index is -0.573. The molecule has 180 valence electrons. The van der Waals surface area contributed by atoms with Crippen molar-refractivity contribution in [3.8, 4) is 5.75 Å². The topological polar surface area (TPSA) is 123 Å². The quantitative estimate of drug-likeness (QED) is 0.127. The minimum Gasteiger partial charge on any atom is -0.492 e. The van der Waals surface area contributed by atoms with Crippen LogP contribution >= 0.6 is 11.8 Å². The Morgan fingerprint density at radius 2 is 1.91 bits per heavy atom. The van der Waals surface area contributed by atoms with Crippen LogP contribution in [0.15, 0.2) is 82.4 Å². The fourth-order valence-electron chi connectivity index (χ4n) is 3.28. The predicted molar refractivity (Wildman–Crippen MR) is 129 cm³/mol. The molecule has 0 spiro atoms. The van der Waals surface area contributed by atoms with E-state index in [1.807, 2.05) is 30.3 Å². The van der Waals surface area contributed by atoms with Gasteiger partial charge in [0.25, 0.3) is 5.91 Å². The maximum absolute atomic E-state index is 12.6. The first kappa shape index (κ1) is 24.3. The first-order chi connectivity index (χ1) is 17.1. The molecule has 4 rings (SSSR count). The van der Waals surface area contributed by atoms with Crippen molar-refractivity contribution in [2.75, 3.05) is 13.2 Å². The summed E-state index contributed by atoms with van der Waals surface area (Å²) in [4.78, 5) is 28.4. The summed E-state index contributed by atoms with van der Waals surface area (Å²) in [5.41, 5.74) is 4.08. The first-order valence-electron chi connectivity index (χ1n) is 10.7. The van der Waals surface area contributed by atoms with Gasteiger partial charge >= 0.3 is 5.24 Å². The molecule has 2 aromatic carbocycles. The number of hydroxylamine groups is 1. The Balaban J connectivity index is 1.26. The van der Waals surface area contributed by atoms with Gasteiger partial charge in [0, 0.05) is 22.7 Å². The third kappa shape index (κ3) is 6.82. The summed E-state index contributed by atoms with van der Waals surface area (Å²) in [6.07, 6.45) is 3.48. The van der Waals surface area contributed by atoms with E-state index in [1.165, 1.54) is 0 Å². The highest BCUT2D eigenvalue weighted by Gasteiger charge is 2.14. The molecular formula is C25H23N3O6S. The number of aromatic nitrogens is 1. The summed E-state index contributed by atoms with van der Waals surface area (Å²) in [6, 6.07) is 17.9. The largest absolute Gasteiger partial charge is 0.492 e. The number of thioether (sulfide) groups is 1. The first-order valence-corrected chi connectivity index (χ1v) is 11.5. The summed E-state index contributed by atoms with van der Waals surface area (Å²) in [7, 11) is 0. The monoisotopic (exact) mass is 493 g/mol. The van der Waals surface area contributed by atoms with Gasteiger partial charge < -0.3 is 19.2 Å². The number of carbonyl (C=O) groups is 2. The highest BCUT2D eigenvalue weighted by atomic mass is 32.2. The molecule has 0 saturated carbocycles. The fourth-order valence-corrected chi connectivity index (χ4v) is 3.81. The second-order valence-corrected chi connectivity index (χ2v) is 8.42. The molecule has 9 nitrogen and oxygen atoms in total. The molecule has 4 aromatic rings. The van der Waals surface area contributed by atoms with E-state index in [4.69, 9.17) is 19.1 Å². The van der Waals surface area contributed by atoms with E-state index < -0.39 is 5.24 Å². The van der Waals surface area contributed by atoms with E-state index in [0.717, 1.165) is 28.3 Å². The lowest BCUT2D eigenvalue weighted by atomic mass is 10.1. The number of ether oxygens (including phenoxy) is 2. The van der Waals surface area contributed by atoms with E-state index in [0.29, 0.717) is 29.4 Å². The number of pyridine rings is 1. The Hall–Kier alpha value is -3.86. The average molecular weight is 494 g/mol. The lowest BCUT2D eigenvalue weighted by Crippen LogP contribution is -2.27. The molecule has 3 N–H and O–H groups in total. The highest BCUT2D eigenvalue weighted by Crippen LogP contribution is 2.24. The Labute approximate surface area is 205 Å². The average Bonchev–Trinajstić information content (AvgIpc) is 3.33. The summed E-state index contributed by atoms with van der Waals surface area (Å²) in [6.45, 7) is 1.35. The van der Waals surface area contributed by atoms with Gasteiger partial charge in [-0.05, 0) is 65.4 Å². The van der Waals surface area contributed by atoms with E-state index in [2.05, 4.69) is 10.3 Å². The molecule has 0 aliphatic rings. The number of fused-ring (bicyclic) bond motifs is 1. The van der Waals surface area contributed by atoms with Crippen LogP contribution in [0.5, 0.6) is 5.75 Å². The van der Waals surface area contributed by atoms with Gasteiger partial charge in [-0.25, -0.2) is 5.48 Å². The van der Waals surface area contributed by atoms with Gasteiger partial charge in [-0.15, -0.1) is 0 Å². The Morgan fingerprint density at radius 1 is 1.06 bits per heavy atom. The Kier molecular flexibility index (Phi) is 8.34. The molecule has 0 bridgehead atoms. The third-order valence-electron chi connectivity index (χ3n) is 4.91. The second-order valence-electron chi connectivity index (χ2n) is 7.37. The number of furan rings is 1. The van der Waals surface area contributed by atoms with Crippen molar-refractivity contribution in [2.45, 2.75) is 18.1 Å². The van der Waals surface area contributed by atoms with Gasteiger partial charge in [0.1, 0.15) is 17.9 Å². The molecule has 0 aliphatic carbocycles. The van der Waals surface area contributed by atoms with Gasteiger partial charge in [-0.3, -0.25) is 19.8 Å². The molecule has 35 heavy (non-hydrogen) atoms. The lowest BCUT2D eigenvalue weighted by molar-refractivity contribution is 0.0921. The number of rotatable bonds is 10. The maximum atomic E-state index is 12.6. The van der Waals surface area contributed by atoms with Crippen molar-refractivity contribution in [2.24, 2.45) is 0 Å². The Bertz CT molecular complexity index is 1280. The predicted octanol–water partition coefficient (Wildman–Crippen LogP) is 4.54. The van der Waals surface area contributed by atoms with E-state index in [9.17, 15) is 9.59 Å². The molecule has 0 unspecified atom stereocenters. The second kappa shape index (κ2) is 12.0. The molecular weight excluding hydrogens is 470 g/mol. The van der Waals surface area contributed by atoms with Crippen LogP contribution in [-0.2, 0) is 18.0 Å². The summed E-state index contributed by atoms with van der Waals surface area (Å²) < 4.78 is 17.2. The van der Waals surface area contributed by atoms with Crippen LogP contribution in [0.3, 0.4) is 0 Å². The molecule has 0 saturated heterocycles. The smallest absolute Gasteiger partial charge is 0.307 e. The molecule has 2 amide bonds. The molecule has 2 heterocycles. The Morgan fingerprint density at radius 3 is 2.69 bits per heavy atom. The molecule has 0 fully saturated rings. The van der Waals surface area contributed by atoms with Crippen molar-refractivity contribution in [1.29, 1.82) is 0 Å². The molecule has 0 aliphatic heterocycles. The van der Waals surface area contributed by atoms with Crippen LogP contribution in [0, 0.1) is 0 Å². The lowest BCUT2D eigenvalue weighted by Gasteiger charge is -2.07. The standard InChI is InChI=1S/C25H23N3O6S/c29-24(27-11-12-33-19-6-8-20(9-7-19)35-25(30)28-31)23-13-21-18(4-1-5-22(21)34-23)16-32-15-17-3-2-10-26-14-17/h1-10,13-14,31H,11-12,15-16H2,(H,27,29)(H,28,30). The summed E-state index contributed by atoms with van der Waals surface area (Å²) >= 11 is 0.854. The van der Waals surface area contributed by atoms with Crippen LogP contribution < -0.4 is 15.5 Å².